The Balaban J connectivity index is 0.00000225. The molecule has 0 saturated heterocycles. The summed E-state index contributed by atoms with van der Waals surface area (Å²) in [5.74, 6) is 0.562. The summed E-state index contributed by atoms with van der Waals surface area (Å²) in [7, 11) is 0. The van der Waals surface area contributed by atoms with E-state index in [0.717, 1.165) is 23.0 Å². The first-order chi connectivity index (χ1) is 11.4. The summed E-state index contributed by atoms with van der Waals surface area (Å²) in [6.07, 6.45) is 7.41. The quantitative estimate of drug-likeness (QED) is 0.756. The van der Waals surface area contributed by atoms with Gasteiger partial charge in [-0.05, 0) is 55.1 Å². The Kier molecular flexibility index (Phi) is 6.53. The Morgan fingerprint density at radius 2 is 2.00 bits per heavy atom. The summed E-state index contributed by atoms with van der Waals surface area (Å²) in [6, 6.07) is 7.62. The Bertz CT molecular complexity index is 700. The largest absolute Gasteiger partial charge is 0.361 e. The molecule has 0 radical (unpaired) electrons. The second-order valence-corrected chi connectivity index (χ2v) is 8.02. The summed E-state index contributed by atoms with van der Waals surface area (Å²) in [5, 5.41) is 4.21. The molecule has 1 aromatic heterocycles. The minimum Gasteiger partial charge on any atom is -0.361 e. The van der Waals surface area contributed by atoms with Crippen molar-refractivity contribution in [3.8, 4) is 0 Å². The highest BCUT2D eigenvalue weighted by atomic mass is 35.5. The van der Waals surface area contributed by atoms with Crippen molar-refractivity contribution in [1.29, 1.82) is 0 Å². The number of carbonyl (C=O) groups is 1. The van der Waals surface area contributed by atoms with Gasteiger partial charge in [-0.1, -0.05) is 32.0 Å². The Morgan fingerprint density at radius 3 is 2.72 bits per heavy atom. The molecule has 138 valence electrons. The molecule has 0 aliphatic heterocycles. The van der Waals surface area contributed by atoms with Crippen LogP contribution in [0.25, 0.3) is 10.9 Å². The third-order valence-corrected chi connectivity index (χ3v) is 5.48. The van der Waals surface area contributed by atoms with Crippen LogP contribution < -0.4 is 11.1 Å². The summed E-state index contributed by atoms with van der Waals surface area (Å²) in [5.41, 5.74) is 8.79. The second kappa shape index (κ2) is 8.24. The van der Waals surface area contributed by atoms with Gasteiger partial charge in [0.15, 0.2) is 0 Å². The molecule has 4 nitrogen and oxygen atoms in total. The molecular weight excluding hydrogens is 334 g/mol. The van der Waals surface area contributed by atoms with E-state index in [2.05, 4.69) is 30.2 Å². The van der Waals surface area contributed by atoms with Crippen molar-refractivity contribution in [2.24, 2.45) is 17.1 Å². The van der Waals surface area contributed by atoms with Crippen LogP contribution in [-0.4, -0.2) is 23.5 Å². The normalized spacial score (nSPS) is 18.5. The number of carbonyl (C=O) groups excluding carboxylic acids is 1. The van der Waals surface area contributed by atoms with Crippen molar-refractivity contribution in [2.75, 3.05) is 6.54 Å². The predicted octanol–water partition coefficient (Wildman–Crippen LogP) is 3.79. The van der Waals surface area contributed by atoms with Crippen LogP contribution in [0.5, 0.6) is 0 Å². The number of hydrogen-bond acceptors (Lipinski definition) is 2. The van der Waals surface area contributed by atoms with E-state index in [-0.39, 0.29) is 18.3 Å². The molecule has 3 rings (SSSR count). The molecule has 0 unspecified atom stereocenters. The molecule has 1 amide bonds. The van der Waals surface area contributed by atoms with Gasteiger partial charge in [0.1, 0.15) is 0 Å². The van der Waals surface area contributed by atoms with Crippen LogP contribution in [0.2, 0.25) is 0 Å². The highest BCUT2D eigenvalue weighted by molar-refractivity contribution is 5.86. The van der Waals surface area contributed by atoms with E-state index in [1.165, 1.54) is 25.7 Å². The first kappa shape index (κ1) is 19.8. The van der Waals surface area contributed by atoms with Crippen molar-refractivity contribution in [1.82, 2.24) is 10.3 Å². The summed E-state index contributed by atoms with van der Waals surface area (Å²) in [6.45, 7) is 5.42. The number of aromatic nitrogens is 1. The number of amides is 1. The van der Waals surface area contributed by atoms with Crippen LogP contribution in [0, 0.1) is 11.3 Å². The highest BCUT2D eigenvalue weighted by Crippen LogP contribution is 2.37. The number of rotatable bonds is 5. The lowest BCUT2D eigenvalue weighted by Gasteiger charge is -2.34. The van der Waals surface area contributed by atoms with Crippen molar-refractivity contribution in [3.05, 3.63) is 36.0 Å². The maximum absolute atomic E-state index is 12.3. The van der Waals surface area contributed by atoms with Crippen LogP contribution in [0.4, 0.5) is 0 Å². The number of fused-ring (bicyclic) bond motifs is 1. The van der Waals surface area contributed by atoms with Crippen LogP contribution >= 0.6 is 12.4 Å². The van der Waals surface area contributed by atoms with Crippen molar-refractivity contribution >= 4 is 29.2 Å². The zero-order chi connectivity index (χ0) is 17.2. The van der Waals surface area contributed by atoms with Crippen LogP contribution in [0.3, 0.4) is 0 Å². The van der Waals surface area contributed by atoms with Crippen LogP contribution in [0.15, 0.2) is 30.5 Å². The van der Waals surface area contributed by atoms with Crippen molar-refractivity contribution in [2.45, 2.75) is 52.0 Å². The van der Waals surface area contributed by atoms with Crippen molar-refractivity contribution in [3.63, 3.8) is 0 Å². The smallest absolute Gasteiger partial charge is 0.237 e. The van der Waals surface area contributed by atoms with Gasteiger partial charge in [0.05, 0.1) is 6.04 Å². The molecule has 25 heavy (non-hydrogen) atoms. The predicted molar refractivity (Wildman–Crippen MR) is 106 cm³/mol. The van der Waals surface area contributed by atoms with Crippen molar-refractivity contribution < 1.29 is 4.79 Å². The number of nitrogens with one attached hydrogen (secondary N) is 2. The molecule has 1 aromatic carbocycles. The molecular formula is C20H30ClN3O. The number of aromatic amines is 1. The van der Waals surface area contributed by atoms with Gasteiger partial charge in [0, 0.05) is 23.6 Å². The maximum atomic E-state index is 12.3. The zero-order valence-electron chi connectivity index (χ0n) is 15.2. The zero-order valence-corrected chi connectivity index (χ0v) is 16.0. The van der Waals surface area contributed by atoms with Gasteiger partial charge >= 0.3 is 0 Å². The average Bonchev–Trinajstić information content (AvgIpc) is 2.97. The van der Waals surface area contributed by atoms with Gasteiger partial charge < -0.3 is 16.0 Å². The molecule has 0 spiro atoms. The maximum Gasteiger partial charge on any atom is 0.237 e. The van der Waals surface area contributed by atoms with Gasteiger partial charge in [-0.25, -0.2) is 0 Å². The third kappa shape index (κ3) is 4.99. The number of benzene rings is 1. The fourth-order valence-corrected chi connectivity index (χ4v) is 3.67. The lowest BCUT2D eigenvalue weighted by molar-refractivity contribution is -0.122. The second-order valence-electron chi connectivity index (χ2n) is 8.02. The lowest BCUT2D eigenvalue weighted by atomic mass is 9.73. The minimum atomic E-state index is -0.496. The average molecular weight is 364 g/mol. The Morgan fingerprint density at radius 1 is 1.32 bits per heavy atom. The van der Waals surface area contributed by atoms with E-state index in [0.29, 0.717) is 17.8 Å². The standard InChI is InChI=1S/C20H29N3O.ClH/c1-20(2)9-7-14(8-10-20)12-23-19(24)17(21)11-15-13-22-18-6-4-3-5-16(15)18;/h3-6,13-14,17,22H,7-12,21H2,1-2H3,(H,23,24);1H/t17-;/m0./s1. The summed E-state index contributed by atoms with van der Waals surface area (Å²) in [4.78, 5) is 15.6. The first-order valence-corrected chi connectivity index (χ1v) is 9.03. The van der Waals surface area contributed by atoms with Crippen LogP contribution in [-0.2, 0) is 11.2 Å². The van der Waals surface area contributed by atoms with Gasteiger partial charge in [-0.3, -0.25) is 4.79 Å². The molecule has 1 saturated carbocycles. The number of para-hydroxylation sites is 1. The molecule has 1 fully saturated rings. The minimum absolute atomic E-state index is 0. The molecule has 1 atom stereocenters. The first-order valence-electron chi connectivity index (χ1n) is 9.03. The van der Waals surface area contributed by atoms with E-state index in [1.54, 1.807) is 0 Å². The van der Waals surface area contributed by atoms with Crippen LogP contribution in [0.1, 0.15) is 45.1 Å². The molecule has 2 aromatic rings. The lowest BCUT2D eigenvalue weighted by Crippen LogP contribution is -2.44. The third-order valence-electron chi connectivity index (χ3n) is 5.48. The summed E-state index contributed by atoms with van der Waals surface area (Å²) < 4.78 is 0. The van der Waals surface area contributed by atoms with Gasteiger partial charge in [0.2, 0.25) is 5.91 Å². The highest BCUT2D eigenvalue weighted by Gasteiger charge is 2.27. The van der Waals surface area contributed by atoms with E-state index >= 15 is 0 Å². The molecule has 5 heteroatoms. The van der Waals surface area contributed by atoms with E-state index in [9.17, 15) is 4.79 Å². The number of H-pyrrole nitrogens is 1. The van der Waals surface area contributed by atoms with Gasteiger partial charge in [-0.2, -0.15) is 0 Å². The fourth-order valence-electron chi connectivity index (χ4n) is 3.67. The Hall–Kier alpha value is -1.52. The molecule has 1 aliphatic rings. The topological polar surface area (TPSA) is 70.9 Å². The summed E-state index contributed by atoms with van der Waals surface area (Å²) >= 11 is 0. The van der Waals surface area contributed by atoms with E-state index in [4.69, 9.17) is 5.73 Å². The fraction of sp³-hybridized carbons (Fsp3) is 0.550. The van der Waals surface area contributed by atoms with E-state index < -0.39 is 6.04 Å². The molecule has 0 bridgehead atoms. The van der Waals surface area contributed by atoms with Gasteiger partial charge in [0.25, 0.3) is 0 Å². The van der Waals surface area contributed by atoms with E-state index in [1.807, 2.05) is 24.4 Å². The molecule has 1 aliphatic carbocycles. The number of nitrogens with two attached hydrogens (primary N) is 1. The molecule has 4 N–H and O–H groups in total. The number of hydrogen-bond donors (Lipinski definition) is 3. The monoisotopic (exact) mass is 363 g/mol. The Labute approximate surface area is 156 Å². The van der Waals surface area contributed by atoms with Gasteiger partial charge in [-0.15, -0.1) is 12.4 Å². The molecule has 1 heterocycles. The number of halogens is 1. The SMILES string of the molecule is CC1(C)CCC(CNC(=O)[C@@H](N)Cc2c[nH]c3ccccc23)CC1.Cl.